The second-order valence-corrected chi connectivity index (χ2v) is 6.67. The second-order valence-electron chi connectivity index (χ2n) is 6.67. The van der Waals surface area contributed by atoms with Gasteiger partial charge in [-0.2, -0.15) is 0 Å². The Morgan fingerprint density at radius 1 is 1.08 bits per heavy atom. The molecule has 1 saturated heterocycles. The number of benzene rings is 1. The van der Waals surface area contributed by atoms with Crippen LogP contribution in [0.4, 0.5) is 4.79 Å². The van der Waals surface area contributed by atoms with E-state index < -0.39 is 12.1 Å². The molecule has 2 amide bonds. The lowest BCUT2D eigenvalue weighted by Gasteiger charge is -2.28. The Labute approximate surface area is 144 Å². The predicted octanol–water partition coefficient (Wildman–Crippen LogP) is 3.34. The number of carbonyl (C=O) groups excluding carboxylic acids is 2. The molecule has 1 aliphatic heterocycles. The highest BCUT2D eigenvalue weighted by molar-refractivity contribution is 5.86. The molecule has 1 atom stereocenters. The average molecular weight is 332 g/mol. The van der Waals surface area contributed by atoms with Crippen LogP contribution in [0.25, 0.3) is 0 Å². The van der Waals surface area contributed by atoms with Crippen molar-refractivity contribution in [1.29, 1.82) is 0 Å². The summed E-state index contributed by atoms with van der Waals surface area (Å²) in [7, 11) is 0. The van der Waals surface area contributed by atoms with Crippen LogP contribution in [0.5, 0.6) is 0 Å². The summed E-state index contributed by atoms with van der Waals surface area (Å²) in [4.78, 5) is 26.7. The third kappa shape index (κ3) is 5.55. The van der Waals surface area contributed by atoms with E-state index in [0.29, 0.717) is 0 Å². The van der Waals surface area contributed by atoms with Crippen molar-refractivity contribution in [3.05, 3.63) is 35.9 Å². The fourth-order valence-electron chi connectivity index (χ4n) is 2.89. The summed E-state index contributed by atoms with van der Waals surface area (Å²) < 4.78 is 5.25. The van der Waals surface area contributed by atoms with Crippen molar-refractivity contribution in [2.24, 2.45) is 5.92 Å². The standard InChI is InChI=1S/C19H28N2O3/c1-15(2)17(18(22)21-12-8-3-4-9-13-21)20-19(23)24-14-16-10-6-5-7-11-16/h5-7,10-11,15,17H,3-4,8-9,12-14H2,1-2H3,(H,20,23). The zero-order chi connectivity index (χ0) is 17.4. The zero-order valence-electron chi connectivity index (χ0n) is 14.7. The minimum atomic E-state index is -0.541. The van der Waals surface area contributed by atoms with Crippen LogP contribution in [0.2, 0.25) is 0 Å². The Kier molecular flexibility index (Phi) is 7.09. The third-order valence-electron chi connectivity index (χ3n) is 4.34. The van der Waals surface area contributed by atoms with Crippen molar-refractivity contribution < 1.29 is 14.3 Å². The number of nitrogens with zero attached hydrogens (tertiary/aromatic N) is 1. The first-order chi connectivity index (χ1) is 11.6. The van der Waals surface area contributed by atoms with Gasteiger partial charge in [-0.05, 0) is 24.3 Å². The van der Waals surface area contributed by atoms with Crippen LogP contribution >= 0.6 is 0 Å². The maximum Gasteiger partial charge on any atom is 0.408 e. The lowest BCUT2D eigenvalue weighted by molar-refractivity contribution is -0.134. The summed E-state index contributed by atoms with van der Waals surface area (Å²) in [6.45, 7) is 5.65. The van der Waals surface area contributed by atoms with E-state index in [1.54, 1.807) is 0 Å². The lowest BCUT2D eigenvalue weighted by atomic mass is 10.0. The summed E-state index contributed by atoms with van der Waals surface area (Å²) >= 11 is 0. The van der Waals surface area contributed by atoms with Crippen LogP contribution in [0, 0.1) is 5.92 Å². The molecule has 1 heterocycles. The summed E-state index contributed by atoms with van der Waals surface area (Å²) in [6.07, 6.45) is 3.87. The molecule has 0 spiro atoms. The Bertz CT molecular complexity index is 523. The molecule has 1 aromatic carbocycles. The highest BCUT2D eigenvalue weighted by Gasteiger charge is 2.29. The van der Waals surface area contributed by atoms with Gasteiger partial charge in [0.1, 0.15) is 12.6 Å². The number of likely N-dealkylation sites (tertiary alicyclic amines) is 1. The first kappa shape index (κ1) is 18.3. The Morgan fingerprint density at radius 3 is 2.29 bits per heavy atom. The van der Waals surface area contributed by atoms with Gasteiger partial charge in [0.25, 0.3) is 0 Å². The van der Waals surface area contributed by atoms with Crippen LogP contribution in [-0.2, 0) is 16.1 Å². The van der Waals surface area contributed by atoms with Crippen molar-refractivity contribution in [2.45, 2.75) is 52.2 Å². The highest BCUT2D eigenvalue weighted by Crippen LogP contribution is 2.14. The van der Waals surface area contributed by atoms with E-state index >= 15 is 0 Å². The Hall–Kier alpha value is -2.04. The first-order valence-electron chi connectivity index (χ1n) is 8.84. The molecule has 1 aromatic rings. The van der Waals surface area contributed by atoms with Gasteiger partial charge in [-0.25, -0.2) is 4.79 Å². The van der Waals surface area contributed by atoms with Crippen LogP contribution in [0.3, 0.4) is 0 Å². The van der Waals surface area contributed by atoms with Crippen molar-refractivity contribution in [3.8, 4) is 0 Å². The molecular weight excluding hydrogens is 304 g/mol. The molecule has 1 unspecified atom stereocenters. The van der Waals surface area contributed by atoms with Gasteiger partial charge in [-0.3, -0.25) is 4.79 Å². The molecule has 5 heteroatoms. The number of nitrogens with one attached hydrogen (secondary N) is 1. The first-order valence-corrected chi connectivity index (χ1v) is 8.84. The summed E-state index contributed by atoms with van der Waals surface area (Å²) in [5.41, 5.74) is 0.924. The van der Waals surface area contributed by atoms with Gasteiger partial charge in [-0.1, -0.05) is 57.0 Å². The zero-order valence-corrected chi connectivity index (χ0v) is 14.7. The predicted molar refractivity (Wildman–Crippen MR) is 93.4 cm³/mol. The van der Waals surface area contributed by atoms with Gasteiger partial charge in [0.05, 0.1) is 0 Å². The molecular formula is C19H28N2O3. The number of hydrogen-bond donors (Lipinski definition) is 1. The van der Waals surface area contributed by atoms with E-state index in [9.17, 15) is 9.59 Å². The average Bonchev–Trinajstić information content (AvgIpc) is 2.87. The molecule has 0 radical (unpaired) electrons. The molecule has 0 aliphatic carbocycles. The minimum Gasteiger partial charge on any atom is -0.445 e. The van der Waals surface area contributed by atoms with E-state index in [4.69, 9.17) is 4.74 Å². The van der Waals surface area contributed by atoms with Gasteiger partial charge in [-0.15, -0.1) is 0 Å². The summed E-state index contributed by atoms with van der Waals surface area (Å²) in [5, 5.41) is 2.75. The maximum absolute atomic E-state index is 12.8. The number of carbonyl (C=O) groups is 2. The van der Waals surface area contributed by atoms with Gasteiger partial charge in [0.2, 0.25) is 5.91 Å². The molecule has 24 heavy (non-hydrogen) atoms. The van der Waals surface area contributed by atoms with Gasteiger partial charge < -0.3 is 15.0 Å². The largest absolute Gasteiger partial charge is 0.445 e. The molecule has 1 fully saturated rings. The lowest BCUT2D eigenvalue weighted by Crippen LogP contribution is -2.51. The van der Waals surface area contributed by atoms with E-state index in [2.05, 4.69) is 5.32 Å². The molecule has 132 valence electrons. The van der Waals surface area contributed by atoms with E-state index in [0.717, 1.165) is 31.5 Å². The van der Waals surface area contributed by atoms with E-state index in [1.165, 1.54) is 12.8 Å². The van der Waals surface area contributed by atoms with Crippen molar-refractivity contribution in [1.82, 2.24) is 10.2 Å². The van der Waals surface area contributed by atoms with Gasteiger partial charge in [0, 0.05) is 13.1 Å². The van der Waals surface area contributed by atoms with Gasteiger partial charge >= 0.3 is 6.09 Å². The van der Waals surface area contributed by atoms with E-state index in [1.807, 2.05) is 49.1 Å². The molecule has 0 aromatic heterocycles. The van der Waals surface area contributed by atoms with Crippen LogP contribution in [0.15, 0.2) is 30.3 Å². The van der Waals surface area contributed by atoms with Gasteiger partial charge in [0.15, 0.2) is 0 Å². The SMILES string of the molecule is CC(C)C(NC(=O)OCc1ccccc1)C(=O)N1CCCCCC1. The second kappa shape index (κ2) is 9.30. The van der Waals surface area contributed by atoms with Crippen molar-refractivity contribution in [3.63, 3.8) is 0 Å². The molecule has 5 nitrogen and oxygen atoms in total. The quantitative estimate of drug-likeness (QED) is 0.899. The number of ether oxygens (including phenoxy) is 1. The normalized spacial score (nSPS) is 16.4. The number of hydrogen-bond acceptors (Lipinski definition) is 3. The third-order valence-corrected chi connectivity index (χ3v) is 4.34. The number of alkyl carbamates (subject to hydrolysis) is 1. The molecule has 1 aliphatic rings. The molecule has 0 bridgehead atoms. The Balaban J connectivity index is 1.89. The Morgan fingerprint density at radius 2 is 1.71 bits per heavy atom. The van der Waals surface area contributed by atoms with Crippen LogP contribution in [0.1, 0.15) is 45.1 Å². The topological polar surface area (TPSA) is 58.6 Å². The highest BCUT2D eigenvalue weighted by atomic mass is 16.5. The molecule has 1 N–H and O–H groups in total. The van der Waals surface area contributed by atoms with Crippen molar-refractivity contribution >= 4 is 12.0 Å². The van der Waals surface area contributed by atoms with E-state index in [-0.39, 0.29) is 18.4 Å². The molecule has 0 saturated carbocycles. The summed E-state index contributed by atoms with van der Waals surface area (Å²) in [5.74, 6) is 0.0218. The monoisotopic (exact) mass is 332 g/mol. The number of amides is 2. The van der Waals surface area contributed by atoms with Crippen molar-refractivity contribution in [2.75, 3.05) is 13.1 Å². The maximum atomic E-state index is 12.8. The van der Waals surface area contributed by atoms with Crippen LogP contribution < -0.4 is 5.32 Å². The fraction of sp³-hybridized carbons (Fsp3) is 0.579. The summed E-state index contributed by atoms with van der Waals surface area (Å²) in [6, 6.07) is 8.97. The fourth-order valence-corrected chi connectivity index (χ4v) is 2.89. The molecule has 2 rings (SSSR count). The van der Waals surface area contributed by atoms with Crippen LogP contribution in [-0.4, -0.2) is 36.0 Å². The minimum absolute atomic E-state index is 0.00330. The number of rotatable bonds is 5. The smallest absolute Gasteiger partial charge is 0.408 e.